The number of nitrogens with zero attached hydrogens (tertiary/aromatic N) is 6. The maximum absolute atomic E-state index is 14.6. The van der Waals surface area contributed by atoms with Crippen LogP contribution >= 0.6 is 0 Å². The van der Waals surface area contributed by atoms with Gasteiger partial charge in [-0.05, 0) is 44.2 Å². The van der Waals surface area contributed by atoms with E-state index in [1.807, 2.05) is 38.1 Å². The number of carbonyl (C=O) groups excluding carboxylic acids is 3. The zero-order valence-corrected chi connectivity index (χ0v) is 24.7. The molecule has 1 aromatic carbocycles. The van der Waals surface area contributed by atoms with Crippen molar-refractivity contribution in [2.24, 2.45) is 11.8 Å². The summed E-state index contributed by atoms with van der Waals surface area (Å²) in [5, 5.41) is 18.2. The number of aromatic nitrogens is 3. The Bertz CT molecular complexity index is 1360. The van der Waals surface area contributed by atoms with Crippen molar-refractivity contribution in [3.05, 3.63) is 49.6 Å². The highest BCUT2D eigenvalue weighted by molar-refractivity contribution is 5.99. The molecule has 1 N–H and O–H groups in total. The van der Waals surface area contributed by atoms with E-state index in [1.165, 1.54) is 0 Å². The number of aliphatic hydroxyl groups is 1. The van der Waals surface area contributed by atoms with E-state index in [4.69, 9.17) is 4.74 Å². The average molecular weight is 579 g/mol. The SMILES string of the molecule is C=CCN(Cn1nnc2ccccc21)C(=O)C1N(CCCO)C(=O)[C@@H]2[C@@H](C(=O)N(CC=C)CCC)[C@@]3(CC)CCC12O3. The van der Waals surface area contributed by atoms with Gasteiger partial charge in [-0.25, -0.2) is 4.68 Å². The van der Waals surface area contributed by atoms with Gasteiger partial charge in [0.1, 0.15) is 23.8 Å². The van der Waals surface area contributed by atoms with E-state index in [9.17, 15) is 19.5 Å². The summed E-state index contributed by atoms with van der Waals surface area (Å²) in [6.45, 7) is 13.0. The molecule has 1 aromatic heterocycles. The lowest BCUT2D eigenvalue weighted by Crippen LogP contribution is -2.56. The van der Waals surface area contributed by atoms with Gasteiger partial charge in [0.15, 0.2) is 0 Å². The first-order chi connectivity index (χ1) is 20.3. The third-order valence-electron chi connectivity index (χ3n) is 9.28. The first-order valence-electron chi connectivity index (χ1n) is 15.0. The van der Waals surface area contributed by atoms with E-state index in [-0.39, 0.29) is 44.1 Å². The van der Waals surface area contributed by atoms with Gasteiger partial charge in [-0.3, -0.25) is 14.4 Å². The molecule has 3 fully saturated rings. The number of para-hydroxylation sites is 1. The summed E-state index contributed by atoms with van der Waals surface area (Å²) < 4.78 is 8.56. The lowest BCUT2D eigenvalue weighted by atomic mass is 9.64. The standard InChI is InChI=1S/C31H42N6O5/c1-5-16-34(17-6-2)27(39)24-25-28(40)36(19-11-20-38)26(31(25)15-14-30(24,8-4)42-31)29(41)35(18-7-3)21-37-23-13-10-9-12-22(23)32-33-37/h5,7,9-10,12-13,24-26,38H,1,3,6,8,11,14-21H2,2,4H3/t24-,25-,26?,30+,31?/m0/s1. The summed E-state index contributed by atoms with van der Waals surface area (Å²) in [6.07, 6.45) is 6.07. The number of ether oxygens (including phenoxy) is 1. The molecule has 2 aromatic rings. The molecule has 3 saturated heterocycles. The Kier molecular flexibility index (Phi) is 8.52. The van der Waals surface area contributed by atoms with Gasteiger partial charge >= 0.3 is 0 Å². The Morgan fingerprint density at radius 2 is 1.88 bits per heavy atom. The highest BCUT2D eigenvalue weighted by atomic mass is 16.5. The van der Waals surface area contributed by atoms with Crippen molar-refractivity contribution in [3.63, 3.8) is 0 Å². The molecule has 4 heterocycles. The minimum atomic E-state index is -1.14. The topological polar surface area (TPSA) is 121 Å². The molecule has 11 heteroatoms. The van der Waals surface area contributed by atoms with Crippen molar-refractivity contribution in [1.82, 2.24) is 29.7 Å². The largest absolute Gasteiger partial charge is 0.396 e. The molecule has 3 amide bonds. The Morgan fingerprint density at radius 3 is 2.57 bits per heavy atom. The van der Waals surface area contributed by atoms with Gasteiger partial charge in [-0.1, -0.05) is 43.3 Å². The van der Waals surface area contributed by atoms with E-state index < -0.39 is 29.1 Å². The zero-order valence-electron chi connectivity index (χ0n) is 24.7. The Hall–Kier alpha value is -3.57. The van der Waals surface area contributed by atoms with Crippen LogP contribution < -0.4 is 0 Å². The van der Waals surface area contributed by atoms with Crippen molar-refractivity contribution in [1.29, 1.82) is 0 Å². The molecule has 1 spiro atoms. The average Bonchev–Trinajstić information content (AvgIpc) is 3.72. The van der Waals surface area contributed by atoms with Crippen LogP contribution in [-0.4, -0.2) is 103 Å². The number of carbonyl (C=O) groups is 3. The van der Waals surface area contributed by atoms with Gasteiger partial charge in [-0.15, -0.1) is 18.3 Å². The maximum Gasteiger partial charge on any atom is 0.250 e. The maximum atomic E-state index is 14.6. The fourth-order valence-electron chi connectivity index (χ4n) is 7.50. The van der Waals surface area contributed by atoms with E-state index in [0.29, 0.717) is 44.3 Å². The van der Waals surface area contributed by atoms with Crippen LogP contribution in [0.2, 0.25) is 0 Å². The van der Waals surface area contributed by atoms with Crippen molar-refractivity contribution >= 4 is 28.8 Å². The molecular formula is C31H42N6O5. The molecule has 3 aliphatic rings. The Labute approximate surface area is 246 Å². The van der Waals surface area contributed by atoms with Crippen molar-refractivity contribution in [3.8, 4) is 0 Å². The fourth-order valence-corrected chi connectivity index (χ4v) is 7.50. The predicted molar refractivity (Wildman–Crippen MR) is 157 cm³/mol. The molecule has 42 heavy (non-hydrogen) atoms. The normalized spacial score (nSPS) is 27.8. The second-order valence-corrected chi connectivity index (χ2v) is 11.6. The van der Waals surface area contributed by atoms with Crippen LogP contribution in [0.5, 0.6) is 0 Å². The summed E-state index contributed by atoms with van der Waals surface area (Å²) in [4.78, 5) is 48.1. The molecular weight excluding hydrogens is 536 g/mol. The lowest BCUT2D eigenvalue weighted by molar-refractivity contribution is -0.156. The van der Waals surface area contributed by atoms with Gasteiger partial charge < -0.3 is 24.5 Å². The smallest absolute Gasteiger partial charge is 0.250 e. The number of likely N-dealkylation sites (tertiary alicyclic amines) is 1. The molecule has 5 rings (SSSR count). The molecule has 0 aliphatic carbocycles. The molecule has 5 atom stereocenters. The second-order valence-electron chi connectivity index (χ2n) is 11.6. The van der Waals surface area contributed by atoms with Crippen LogP contribution in [0.25, 0.3) is 11.0 Å². The molecule has 2 unspecified atom stereocenters. The minimum Gasteiger partial charge on any atom is -0.396 e. The second kappa shape index (κ2) is 12.0. The number of rotatable bonds is 14. The van der Waals surface area contributed by atoms with Crippen molar-refractivity contribution < 1.29 is 24.2 Å². The van der Waals surface area contributed by atoms with E-state index in [1.54, 1.807) is 31.5 Å². The van der Waals surface area contributed by atoms with Gasteiger partial charge in [0, 0.05) is 32.8 Å². The number of aliphatic hydroxyl groups excluding tert-OH is 1. The van der Waals surface area contributed by atoms with Gasteiger partial charge in [0.2, 0.25) is 17.7 Å². The molecule has 226 valence electrons. The molecule has 3 aliphatic heterocycles. The highest BCUT2D eigenvalue weighted by Gasteiger charge is 2.79. The summed E-state index contributed by atoms with van der Waals surface area (Å²) >= 11 is 0. The van der Waals surface area contributed by atoms with E-state index >= 15 is 0 Å². The van der Waals surface area contributed by atoms with Gasteiger partial charge in [0.25, 0.3) is 0 Å². The predicted octanol–water partition coefficient (Wildman–Crippen LogP) is 2.37. The quantitative estimate of drug-likeness (QED) is 0.342. The third kappa shape index (κ3) is 4.63. The number of fused-ring (bicyclic) bond motifs is 2. The molecule has 0 saturated carbocycles. The van der Waals surface area contributed by atoms with Crippen LogP contribution in [-0.2, 0) is 25.8 Å². The van der Waals surface area contributed by atoms with E-state index in [2.05, 4.69) is 23.5 Å². The van der Waals surface area contributed by atoms with Crippen LogP contribution in [0.3, 0.4) is 0 Å². The minimum absolute atomic E-state index is 0.107. The third-order valence-corrected chi connectivity index (χ3v) is 9.28. The Balaban J connectivity index is 1.55. The number of hydrogen-bond donors (Lipinski definition) is 1. The van der Waals surface area contributed by atoms with Crippen molar-refractivity contribution in [2.75, 3.05) is 32.8 Å². The lowest BCUT2D eigenvalue weighted by Gasteiger charge is -2.37. The van der Waals surface area contributed by atoms with E-state index in [0.717, 1.165) is 11.9 Å². The first kappa shape index (κ1) is 29.9. The summed E-state index contributed by atoms with van der Waals surface area (Å²) in [7, 11) is 0. The summed E-state index contributed by atoms with van der Waals surface area (Å²) in [5.74, 6) is -2.15. The van der Waals surface area contributed by atoms with Crippen molar-refractivity contribution in [2.45, 2.75) is 69.9 Å². The molecule has 11 nitrogen and oxygen atoms in total. The number of hydrogen-bond acceptors (Lipinski definition) is 7. The zero-order chi connectivity index (χ0) is 30.1. The monoisotopic (exact) mass is 578 g/mol. The fraction of sp³-hybridized carbons (Fsp3) is 0.581. The van der Waals surface area contributed by atoms with Crippen LogP contribution in [0.15, 0.2) is 49.6 Å². The number of benzene rings is 1. The van der Waals surface area contributed by atoms with Gasteiger partial charge in [0.05, 0.1) is 23.0 Å². The summed E-state index contributed by atoms with van der Waals surface area (Å²) in [5.41, 5.74) is -0.474. The van der Waals surface area contributed by atoms with Gasteiger partial charge in [-0.2, -0.15) is 0 Å². The molecule has 0 radical (unpaired) electrons. The van der Waals surface area contributed by atoms with Crippen LogP contribution in [0.4, 0.5) is 0 Å². The number of amides is 3. The summed E-state index contributed by atoms with van der Waals surface area (Å²) in [6, 6.07) is 6.57. The van der Waals surface area contributed by atoms with Crippen LogP contribution in [0.1, 0.15) is 46.0 Å². The van der Waals surface area contributed by atoms with Crippen LogP contribution in [0, 0.1) is 11.8 Å². The Morgan fingerprint density at radius 1 is 1.14 bits per heavy atom. The highest BCUT2D eigenvalue weighted by Crippen LogP contribution is 2.64. The first-order valence-corrected chi connectivity index (χ1v) is 15.0. The molecule has 2 bridgehead atoms.